The van der Waals surface area contributed by atoms with Crippen molar-refractivity contribution in [1.82, 2.24) is 21.3 Å². The van der Waals surface area contributed by atoms with Crippen molar-refractivity contribution in [3.63, 3.8) is 0 Å². The molecule has 1 radical (unpaired) electrons. The topological polar surface area (TPSA) is 137 Å². The Labute approximate surface area is 260 Å². The van der Waals surface area contributed by atoms with E-state index in [0.29, 0.717) is 25.1 Å². The molecule has 2 bridgehead atoms. The van der Waals surface area contributed by atoms with E-state index >= 15 is 0 Å². The molecule has 0 unspecified atom stereocenters. The van der Waals surface area contributed by atoms with Gasteiger partial charge in [0, 0.05) is 75.8 Å². The first-order chi connectivity index (χ1) is 17.7. The molecule has 0 spiro atoms. The molecular formula is C26H42N4O5S2Y. The van der Waals surface area contributed by atoms with E-state index in [0.717, 1.165) is 24.4 Å². The van der Waals surface area contributed by atoms with Gasteiger partial charge in [0.05, 0.1) is 0 Å². The molecule has 4 amide bonds. The minimum Gasteiger partial charge on any atom is -0.400 e. The molecule has 1 heterocycles. The molecule has 0 saturated heterocycles. The van der Waals surface area contributed by atoms with Crippen molar-refractivity contribution in [3.05, 3.63) is 35.4 Å². The normalized spacial score (nSPS) is 22.6. The molecule has 211 valence electrons. The molecule has 0 aromatic heterocycles. The van der Waals surface area contributed by atoms with Gasteiger partial charge in [-0.1, -0.05) is 38.1 Å². The Hall–Kier alpha value is -1.14. The summed E-state index contributed by atoms with van der Waals surface area (Å²) in [6.07, 6.45) is 0.723. The smallest absolute Gasteiger partial charge is 0.243 e. The molecule has 1 aliphatic rings. The van der Waals surface area contributed by atoms with Gasteiger partial charge in [-0.3, -0.25) is 19.2 Å². The van der Waals surface area contributed by atoms with Crippen LogP contribution in [0.2, 0.25) is 0 Å². The summed E-state index contributed by atoms with van der Waals surface area (Å²) >= 11 is 3.41. The van der Waals surface area contributed by atoms with Gasteiger partial charge >= 0.3 is 0 Å². The van der Waals surface area contributed by atoms with E-state index in [9.17, 15) is 19.2 Å². The van der Waals surface area contributed by atoms with Gasteiger partial charge in [-0.25, -0.2) is 0 Å². The van der Waals surface area contributed by atoms with Gasteiger partial charge in [0.2, 0.25) is 23.6 Å². The number of rotatable bonds is 2. The molecule has 12 heteroatoms. The maximum absolute atomic E-state index is 12.9. The zero-order valence-electron chi connectivity index (χ0n) is 23.0. The summed E-state index contributed by atoms with van der Waals surface area (Å²) in [5.41, 5.74) is 2.42. The Kier molecular flexibility index (Phi) is 20.1. The number of benzene rings is 1. The third-order valence-electron chi connectivity index (χ3n) is 5.41. The van der Waals surface area contributed by atoms with Crippen LogP contribution in [-0.4, -0.2) is 72.0 Å². The van der Waals surface area contributed by atoms with Crippen LogP contribution in [0.4, 0.5) is 0 Å². The van der Waals surface area contributed by atoms with Gasteiger partial charge in [-0.05, 0) is 37.3 Å². The van der Waals surface area contributed by atoms with Gasteiger partial charge in [0.25, 0.3) is 0 Å². The zero-order valence-corrected chi connectivity index (χ0v) is 27.5. The maximum atomic E-state index is 12.9. The summed E-state index contributed by atoms with van der Waals surface area (Å²) in [7, 11) is 1.00. The molecule has 1 aromatic rings. The molecule has 9 nitrogen and oxygen atoms in total. The molecular weight excluding hydrogens is 601 g/mol. The third-order valence-corrected chi connectivity index (χ3v) is 7.47. The molecule has 1 aliphatic heterocycles. The Morgan fingerprint density at radius 3 is 2.05 bits per heavy atom. The molecule has 0 fully saturated rings. The third kappa shape index (κ3) is 14.9. The number of aliphatic hydroxyl groups excluding tert-OH is 1. The van der Waals surface area contributed by atoms with Crippen LogP contribution in [0.5, 0.6) is 0 Å². The van der Waals surface area contributed by atoms with Crippen LogP contribution in [0.1, 0.15) is 51.7 Å². The summed E-state index contributed by atoms with van der Waals surface area (Å²) in [4.78, 5) is 50.3. The van der Waals surface area contributed by atoms with Crippen molar-refractivity contribution < 1.29 is 57.0 Å². The van der Waals surface area contributed by atoms with Crippen LogP contribution in [-0.2, 0) is 63.4 Å². The maximum Gasteiger partial charge on any atom is 0.243 e. The number of aliphatic hydroxyl groups is 1. The SMILES string of the molecule is CC(C)C[C@@H]1NC(=O)[C@H](C)NC(=O)CCSCc2cccc(c2)CSCCNC(=O)[C@H](C)NC1=O.CO.[Y]. The second kappa shape index (κ2) is 20.7. The van der Waals surface area contributed by atoms with Gasteiger partial charge < -0.3 is 26.4 Å². The summed E-state index contributed by atoms with van der Waals surface area (Å²) < 4.78 is 0. The van der Waals surface area contributed by atoms with Crippen molar-refractivity contribution in [2.24, 2.45) is 5.92 Å². The van der Waals surface area contributed by atoms with E-state index in [1.165, 1.54) is 11.1 Å². The van der Waals surface area contributed by atoms with E-state index in [4.69, 9.17) is 5.11 Å². The number of hydrogen-bond donors (Lipinski definition) is 5. The molecule has 5 N–H and O–H groups in total. The van der Waals surface area contributed by atoms with Gasteiger partial charge in [0.15, 0.2) is 0 Å². The first kappa shape index (κ1) is 36.9. The fraction of sp³-hybridized carbons (Fsp3) is 0.615. The van der Waals surface area contributed by atoms with E-state index in [-0.39, 0.29) is 50.4 Å². The number of hydrogen-bond acceptors (Lipinski definition) is 7. The van der Waals surface area contributed by atoms with Crippen LogP contribution in [0, 0.1) is 5.92 Å². The van der Waals surface area contributed by atoms with E-state index in [1.807, 2.05) is 19.9 Å². The first-order valence-corrected chi connectivity index (χ1v) is 14.8. The Balaban J connectivity index is 0.00000445. The van der Waals surface area contributed by atoms with E-state index in [1.54, 1.807) is 37.4 Å². The van der Waals surface area contributed by atoms with Crippen molar-refractivity contribution in [2.75, 3.05) is 25.2 Å². The van der Waals surface area contributed by atoms with E-state index in [2.05, 4.69) is 39.5 Å². The molecule has 0 saturated carbocycles. The Bertz CT molecular complexity index is 891. The largest absolute Gasteiger partial charge is 0.400 e. The van der Waals surface area contributed by atoms with Crippen LogP contribution >= 0.6 is 23.5 Å². The van der Waals surface area contributed by atoms with Crippen LogP contribution in [0.15, 0.2) is 24.3 Å². The zero-order chi connectivity index (χ0) is 27.8. The average Bonchev–Trinajstić information content (AvgIpc) is 2.86. The molecule has 1 aromatic carbocycles. The number of carbonyl (C=O) groups excluding carboxylic acids is 4. The number of nitrogens with one attached hydrogen (secondary N) is 4. The van der Waals surface area contributed by atoms with Gasteiger partial charge in [-0.15, -0.1) is 0 Å². The predicted molar refractivity (Wildman–Crippen MR) is 151 cm³/mol. The second-order valence-electron chi connectivity index (χ2n) is 9.18. The summed E-state index contributed by atoms with van der Waals surface area (Å²) in [5.74, 6) is 1.88. The summed E-state index contributed by atoms with van der Waals surface area (Å²) in [5, 5.41) is 18.0. The number of thioether (sulfide) groups is 2. The fourth-order valence-electron chi connectivity index (χ4n) is 3.51. The number of amides is 4. The summed E-state index contributed by atoms with van der Waals surface area (Å²) in [6.45, 7) is 7.63. The van der Waals surface area contributed by atoms with Crippen LogP contribution < -0.4 is 21.3 Å². The molecule has 2 rings (SSSR count). The van der Waals surface area contributed by atoms with Crippen molar-refractivity contribution in [1.29, 1.82) is 0 Å². The van der Waals surface area contributed by atoms with Crippen molar-refractivity contribution >= 4 is 47.2 Å². The van der Waals surface area contributed by atoms with Gasteiger partial charge in [-0.2, -0.15) is 23.5 Å². The second-order valence-corrected chi connectivity index (χ2v) is 11.4. The van der Waals surface area contributed by atoms with Crippen molar-refractivity contribution in [2.45, 2.75) is 70.2 Å². The Morgan fingerprint density at radius 2 is 1.45 bits per heavy atom. The Morgan fingerprint density at radius 1 is 0.868 bits per heavy atom. The average molecular weight is 644 g/mol. The summed E-state index contributed by atoms with van der Waals surface area (Å²) in [6, 6.07) is 6.07. The van der Waals surface area contributed by atoms with Crippen LogP contribution in [0.3, 0.4) is 0 Å². The van der Waals surface area contributed by atoms with Crippen LogP contribution in [0.25, 0.3) is 0 Å². The van der Waals surface area contributed by atoms with Crippen molar-refractivity contribution in [3.8, 4) is 0 Å². The van der Waals surface area contributed by atoms with Gasteiger partial charge in [0.1, 0.15) is 18.1 Å². The number of carbonyl (C=O) groups is 4. The molecule has 3 atom stereocenters. The quantitative estimate of drug-likeness (QED) is 0.332. The first-order valence-electron chi connectivity index (χ1n) is 12.5. The van der Waals surface area contributed by atoms with E-state index < -0.39 is 29.9 Å². The standard InChI is InChI=1S/C25H38N4O4S2.CH4O.Y/c1-16(2)12-21-25(33)28-17(3)23(31)26-9-11-35-15-20-7-5-6-19(13-20)14-34-10-8-22(30)27-18(4)24(32)29-21;1-2;/h5-7,13,16-18,21H,8-12,14-15H2,1-4H3,(H,26,31)(H,27,30)(H,28,33)(H,29,32);2H,1H3;/t17-,18-,21-;;/m0../s1. The minimum atomic E-state index is -0.796. The molecule has 38 heavy (non-hydrogen) atoms. The fourth-order valence-corrected chi connectivity index (χ4v) is 5.21. The number of fused-ring (bicyclic) bond motifs is 2. The minimum absolute atomic E-state index is 0. The monoisotopic (exact) mass is 643 g/mol. The molecule has 0 aliphatic carbocycles. The predicted octanol–water partition coefficient (Wildman–Crippen LogP) is 1.82.